The molecule has 4 rings (SSSR count). The second-order valence-corrected chi connectivity index (χ2v) is 8.06. The maximum atomic E-state index is 13.0. The SMILES string of the molecule is COc1ccc(CN(Cc2ccc(OC)cc2)c2nc(C3CC3)c(OC(F)F)cc2C#N)cc1. The maximum Gasteiger partial charge on any atom is 0.387 e. The van der Waals surface area contributed by atoms with E-state index >= 15 is 0 Å². The zero-order valence-electron chi connectivity index (χ0n) is 19.0. The molecule has 1 aliphatic rings. The number of methoxy groups -OCH3 is 2. The molecule has 2 aromatic carbocycles. The van der Waals surface area contributed by atoms with Gasteiger partial charge in [0.2, 0.25) is 0 Å². The largest absolute Gasteiger partial charge is 0.497 e. The molecule has 0 N–H and O–H groups in total. The third kappa shape index (κ3) is 5.54. The van der Waals surface area contributed by atoms with E-state index < -0.39 is 6.61 Å². The van der Waals surface area contributed by atoms with Crippen molar-refractivity contribution < 1.29 is 23.0 Å². The summed E-state index contributed by atoms with van der Waals surface area (Å²) in [5.41, 5.74) is 2.63. The number of ether oxygens (including phenoxy) is 3. The molecule has 8 heteroatoms. The molecule has 0 atom stereocenters. The number of halogens is 2. The second-order valence-electron chi connectivity index (χ2n) is 8.06. The molecule has 0 bridgehead atoms. The van der Waals surface area contributed by atoms with Gasteiger partial charge in [-0.1, -0.05) is 24.3 Å². The van der Waals surface area contributed by atoms with Gasteiger partial charge in [0.1, 0.15) is 29.1 Å². The third-order valence-corrected chi connectivity index (χ3v) is 5.66. The van der Waals surface area contributed by atoms with Gasteiger partial charge >= 0.3 is 6.61 Å². The Morgan fingerprint density at radius 2 is 1.50 bits per heavy atom. The summed E-state index contributed by atoms with van der Waals surface area (Å²) in [6.07, 6.45) is 1.71. The molecule has 1 heterocycles. The lowest BCUT2D eigenvalue weighted by atomic mass is 10.1. The van der Waals surface area contributed by atoms with Crippen LogP contribution < -0.4 is 19.1 Å². The monoisotopic (exact) mass is 465 g/mol. The number of hydrogen-bond acceptors (Lipinski definition) is 6. The van der Waals surface area contributed by atoms with Gasteiger partial charge in [-0.25, -0.2) is 4.98 Å². The summed E-state index contributed by atoms with van der Waals surface area (Å²) < 4.78 is 41.2. The predicted octanol–water partition coefficient (Wildman–Crippen LogP) is 5.66. The van der Waals surface area contributed by atoms with Crippen LogP contribution in [0.25, 0.3) is 0 Å². The van der Waals surface area contributed by atoms with E-state index in [0.29, 0.717) is 24.6 Å². The van der Waals surface area contributed by atoms with Gasteiger partial charge in [0.15, 0.2) is 0 Å². The number of hydrogen-bond donors (Lipinski definition) is 0. The molecule has 176 valence electrons. The minimum atomic E-state index is -2.98. The van der Waals surface area contributed by atoms with Gasteiger partial charge in [-0.15, -0.1) is 0 Å². The Kier molecular flexibility index (Phi) is 7.12. The smallest absolute Gasteiger partial charge is 0.387 e. The summed E-state index contributed by atoms with van der Waals surface area (Å²) in [5, 5.41) is 9.85. The van der Waals surface area contributed by atoms with Gasteiger partial charge in [-0.3, -0.25) is 0 Å². The first-order valence-corrected chi connectivity index (χ1v) is 10.9. The summed E-state index contributed by atoms with van der Waals surface area (Å²) in [4.78, 5) is 6.69. The highest BCUT2D eigenvalue weighted by atomic mass is 19.3. The lowest BCUT2D eigenvalue weighted by Crippen LogP contribution is -2.25. The number of pyridine rings is 1. The molecule has 3 aromatic rings. The standard InChI is InChI=1S/C26H25F2N3O3/c1-32-21-9-3-17(4-10-21)15-31(16-18-5-11-22(33-2)12-6-18)25-20(14-29)13-23(34-26(27)28)24(30-25)19-7-8-19/h3-6,9-13,19,26H,7-8,15-16H2,1-2H3. The molecule has 1 saturated carbocycles. The molecule has 0 radical (unpaired) electrons. The topological polar surface area (TPSA) is 67.6 Å². The van der Waals surface area contributed by atoms with Crippen molar-refractivity contribution in [3.8, 4) is 23.3 Å². The average molecular weight is 466 g/mol. The van der Waals surface area contributed by atoms with Gasteiger partial charge in [-0.2, -0.15) is 14.0 Å². The molecule has 34 heavy (non-hydrogen) atoms. The zero-order chi connectivity index (χ0) is 24.1. The predicted molar refractivity (Wildman–Crippen MR) is 123 cm³/mol. The normalized spacial score (nSPS) is 12.8. The maximum absolute atomic E-state index is 13.0. The van der Waals surface area contributed by atoms with Crippen LogP contribution in [-0.4, -0.2) is 25.8 Å². The molecule has 0 spiro atoms. The average Bonchev–Trinajstić information content (AvgIpc) is 3.69. The second kappa shape index (κ2) is 10.4. The van der Waals surface area contributed by atoms with Crippen LogP contribution in [0.5, 0.6) is 17.2 Å². The molecule has 6 nitrogen and oxygen atoms in total. The van der Waals surface area contributed by atoms with Crippen LogP contribution in [-0.2, 0) is 13.1 Å². The van der Waals surface area contributed by atoms with Crippen molar-refractivity contribution in [2.75, 3.05) is 19.1 Å². The van der Waals surface area contributed by atoms with Crippen molar-refractivity contribution in [1.82, 2.24) is 4.98 Å². The molecule has 0 unspecified atom stereocenters. The van der Waals surface area contributed by atoms with Gasteiger partial charge < -0.3 is 19.1 Å². The number of rotatable bonds is 10. The van der Waals surface area contributed by atoms with Gasteiger partial charge in [0, 0.05) is 25.1 Å². The number of aromatic nitrogens is 1. The number of anilines is 1. The highest BCUT2D eigenvalue weighted by molar-refractivity contribution is 5.59. The Morgan fingerprint density at radius 3 is 1.91 bits per heavy atom. The fourth-order valence-corrected chi connectivity index (χ4v) is 3.77. The minimum absolute atomic E-state index is 0.0216. The summed E-state index contributed by atoms with van der Waals surface area (Å²) in [6.45, 7) is -2.07. The Morgan fingerprint density at radius 1 is 0.971 bits per heavy atom. The summed E-state index contributed by atoms with van der Waals surface area (Å²) in [5.74, 6) is 1.96. The van der Waals surface area contributed by atoms with E-state index in [2.05, 4.69) is 6.07 Å². The van der Waals surface area contributed by atoms with Crippen LogP contribution in [0.3, 0.4) is 0 Å². The van der Waals surface area contributed by atoms with E-state index in [-0.39, 0.29) is 17.2 Å². The number of nitrogens with zero attached hydrogens (tertiary/aromatic N) is 3. The molecule has 1 fully saturated rings. The number of alkyl halides is 2. The van der Waals surface area contributed by atoms with E-state index in [9.17, 15) is 14.0 Å². The number of nitriles is 1. The van der Waals surface area contributed by atoms with Crippen LogP contribution in [0.1, 0.15) is 41.1 Å². The lowest BCUT2D eigenvalue weighted by Gasteiger charge is -2.26. The lowest BCUT2D eigenvalue weighted by molar-refractivity contribution is -0.0507. The van der Waals surface area contributed by atoms with Crippen molar-refractivity contribution in [2.45, 2.75) is 38.5 Å². The molecular formula is C26H25F2N3O3. The molecule has 1 aliphatic carbocycles. The first-order valence-electron chi connectivity index (χ1n) is 10.9. The Hall–Kier alpha value is -3.86. The van der Waals surface area contributed by atoms with Crippen molar-refractivity contribution in [1.29, 1.82) is 5.26 Å². The van der Waals surface area contributed by atoms with E-state index in [1.165, 1.54) is 6.07 Å². The molecule has 0 saturated heterocycles. The van der Waals surface area contributed by atoms with Crippen molar-refractivity contribution >= 4 is 5.82 Å². The van der Waals surface area contributed by atoms with Gasteiger partial charge in [0.05, 0.1) is 25.5 Å². The van der Waals surface area contributed by atoms with Crippen LogP contribution in [0, 0.1) is 11.3 Å². The van der Waals surface area contributed by atoms with Crippen LogP contribution in [0.15, 0.2) is 54.6 Å². The van der Waals surface area contributed by atoms with Gasteiger partial charge in [-0.05, 0) is 48.2 Å². The van der Waals surface area contributed by atoms with Crippen LogP contribution in [0.2, 0.25) is 0 Å². The highest BCUT2D eigenvalue weighted by Gasteiger charge is 2.31. The van der Waals surface area contributed by atoms with Crippen molar-refractivity contribution in [3.63, 3.8) is 0 Å². The third-order valence-electron chi connectivity index (χ3n) is 5.66. The quantitative estimate of drug-likeness (QED) is 0.385. The molecule has 0 aliphatic heterocycles. The Bertz CT molecular complexity index is 1110. The zero-order valence-corrected chi connectivity index (χ0v) is 19.0. The summed E-state index contributed by atoms with van der Waals surface area (Å²) >= 11 is 0. The molecule has 0 amide bonds. The van der Waals surface area contributed by atoms with E-state index in [1.807, 2.05) is 53.4 Å². The summed E-state index contributed by atoms with van der Waals surface area (Å²) in [6, 6.07) is 18.8. The van der Waals surface area contributed by atoms with Crippen LogP contribution in [0.4, 0.5) is 14.6 Å². The van der Waals surface area contributed by atoms with E-state index in [4.69, 9.17) is 19.2 Å². The Labute approximate surface area is 197 Å². The Balaban J connectivity index is 1.74. The summed E-state index contributed by atoms with van der Waals surface area (Å²) in [7, 11) is 3.22. The van der Waals surface area contributed by atoms with Crippen molar-refractivity contribution in [3.05, 3.63) is 77.0 Å². The van der Waals surface area contributed by atoms with E-state index in [1.54, 1.807) is 14.2 Å². The fraction of sp³-hybridized carbons (Fsp3) is 0.308. The first kappa shape index (κ1) is 23.3. The molecule has 1 aromatic heterocycles. The van der Waals surface area contributed by atoms with E-state index in [0.717, 1.165) is 35.5 Å². The van der Waals surface area contributed by atoms with Gasteiger partial charge in [0.25, 0.3) is 0 Å². The van der Waals surface area contributed by atoms with Crippen molar-refractivity contribution in [2.24, 2.45) is 0 Å². The fourth-order valence-electron chi connectivity index (χ4n) is 3.77. The minimum Gasteiger partial charge on any atom is -0.497 e. The van der Waals surface area contributed by atoms with Crippen LogP contribution >= 0.6 is 0 Å². The first-order chi connectivity index (χ1) is 16.5. The number of benzene rings is 2. The highest BCUT2D eigenvalue weighted by Crippen LogP contribution is 2.45. The molecular weight excluding hydrogens is 440 g/mol.